The molecule has 3 bridgehead atoms. The van der Waals surface area contributed by atoms with Crippen molar-refractivity contribution in [3.05, 3.63) is 89.5 Å². The third kappa shape index (κ3) is 7.03. The van der Waals surface area contributed by atoms with Crippen LogP contribution in [0.25, 0.3) is 20.5 Å². The molecule has 1 saturated heterocycles. The Hall–Kier alpha value is -6.29. The predicted molar refractivity (Wildman–Crippen MR) is 199 cm³/mol. The van der Waals surface area contributed by atoms with Gasteiger partial charge in [-0.2, -0.15) is 0 Å². The van der Waals surface area contributed by atoms with Gasteiger partial charge in [0.25, 0.3) is 0 Å². The summed E-state index contributed by atoms with van der Waals surface area (Å²) in [7, 11) is 0. The highest BCUT2D eigenvalue weighted by Crippen LogP contribution is 2.52. The third-order valence-electron chi connectivity index (χ3n) is 9.71. The summed E-state index contributed by atoms with van der Waals surface area (Å²) >= 11 is 1.05. The van der Waals surface area contributed by atoms with Crippen LogP contribution in [0.5, 0.6) is 40.2 Å². The second-order valence-electron chi connectivity index (χ2n) is 13.6. The predicted octanol–water partition coefficient (Wildman–Crippen LogP) is 5.55. The zero-order chi connectivity index (χ0) is 39.1. The van der Waals surface area contributed by atoms with Crippen LogP contribution in [0, 0.1) is 0 Å². The fourth-order valence-corrected chi connectivity index (χ4v) is 8.24. The first-order valence-corrected chi connectivity index (χ1v) is 18.6. The van der Waals surface area contributed by atoms with Crippen LogP contribution in [0.4, 0.5) is 0 Å². The molecule has 0 saturated carbocycles. The van der Waals surface area contributed by atoms with Crippen molar-refractivity contribution in [3.63, 3.8) is 0 Å². The summed E-state index contributed by atoms with van der Waals surface area (Å²) in [5.74, 6) is -7.28. The molecule has 1 aromatic heterocycles. The lowest BCUT2D eigenvalue weighted by Crippen LogP contribution is -2.47. The van der Waals surface area contributed by atoms with Crippen LogP contribution in [0.3, 0.4) is 0 Å². The van der Waals surface area contributed by atoms with E-state index in [9.17, 15) is 34.5 Å². The number of rotatable bonds is 9. The first-order chi connectivity index (χ1) is 27.0. The van der Waals surface area contributed by atoms with E-state index in [0.717, 1.165) is 55.8 Å². The molecule has 5 aromatic rings. The number of hydrogen-bond acceptors (Lipinski definition) is 15. The number of ketones is 1. The molecule has 15 heteroatoms. The Bertz CT molecular complexity index is 2420. The Labute approximate surface area is 322 Å². The topological polar surface area (TPSA) is 195 Å². The molecule has 3 aliphatic heterocycles. The van der Waals surface area contributed by atoms with Crippen molar-refractivity contribution in [2.45, 2.75) is 37.7 Å². The Morgan fingerprint density at radius 1 is 0.839 bits per heavy atom. The van der Waals surface area contributed by atoms with E-state index in [1.54, 1.807) is 42.5 Å². The van der Waals surface area contributed by atoms with E-state index in [4.69, 9.17) is 23.7 Å². The summed E-state index contributed by atoms with van der Waals surface area (Å²) in [5.41, 5.74) is -2.37. The first-order valence-electron chi connectivity index (χ1n) is 17.8. The molecule has 56 heavy (non-hydrogen) atoms. The van der Waals surface area contributed by atoms with Gasteiger partial charge in [0.1, 0.15) is 23.9 Å². The summed E-state index contributed by atoms with van der Waals surface area (Å²) in [6.45, 7) is 2.19. The van der Waals surface area contributed by atoms with Gasteiger partial charge in [-0.15, -0.1) is 11.3 Å². The maximum absolute atomic E-state index is 15.0. The number of hydrogen-bond donors (Lipinski definition) is 3. The van der Waals surface area contributed by atoms with Gasteiger partial charge in [-0.3, -0.25) is 19.3 Å². The molecule has 0 spiro atoms. The molecule has 1 atom stereocenters. The van der Waals surface area contributed by atoms with Crippen LogP contribution in [0.15, 0.2) is 72.8 Å². The fraction of sp³-hybridized carbons (Fsp3) is 0.244. The lowest BCUT2D eigenvalue weighted by atomic mass is 9.94. The standard InChI is InChI=1S/C41H33NO13S/c43-24-17-27(44)32-29(18-24)56-38(22-9-11-25(12-10-22)52-39(48)23-7-3-1-4-8-23)33(32)34(47)26-19-28-36(51-16-15-42-13-5-2-6-14-42)37-35(26)54-31(46)21-41(50,40(49)55-37)20-30(45)53-28/h1,3-4,7-12,17-19,43-44,50H,2,5-6,13-16,20-21H2. The van der Waals surface area contributed by atoms with E-state index in [1.165, 1.54) is 18.2 Å². The van der Waals surface area contributed by atoms with E-state index < -0.39 is 70.9 Å². The van der Waals surface area contributed by atoms with E-state index in [1.807, 2.05) is 0 Å². The van der Waals surface area contributed by atoms with Crippen LogP contribution >= 0.6 is 11.3 Å². The second-order valence-corrected chi connectivity index (χ2v) is 14.7. The van der Waals surface area contributed by atoms with Crippen LogP contribution in [-0.2, 0) is 14.4 Å². The molecule has 1 fully saturated rings. The molecule has 8 rings (SSSR count). The Morgan fingerprint density at radius 2 is 1.55 bits per heavy atom. The number of ether oxygens (including phenoxy) is 5. The molecule has 14 nitrogen and oxygen atoms in total. The summed E-state index contributed by atoms with van der Waals surface area (Å²) in [6.07, 6.45) is 1.19. The zero-order valence-corrected chi connectivity index (χ0v) is 30.4. The van der Waals surface area contributed by atoms with Gasteiger partial charge in [-0.1, -0.05) is 24.6 Å². The molecule has 286 valence electrons. The first kappa shape index (κ1) is 36.7. The highest BCUT2D eigenvalue weighted by Gasteiger charge is 2.49. The van der Waals surface area contributed by atoms with Gasteiger partial charge in [-0.05, 0) is 74.0 Å². The van der Waals surface area contributed by atoms with Gasteiger partial charge in [0.2, 0.25) is 11.5 Å². The number of esters is 4. The molecule has 3 aliphatic rings. The Kier molecular flexibility index (Phi) is 9.66. The summed E-state index contributed by atoms with van der Waals surface area (Å²) < 4.78 is 28.9. The molecule has 3 N–H and O–H groups in total. The smallest absolute Gasteiger partial charge is 0.345 e. The monoisotopic (exact) mass is 779 g/mol. The normalized spacial score (nSPS) is 18.2. The van der Waals surface area contributed by atoms with Crippen LogP contribution < -0.4 is 23.7 Å². The second kappa shape index (κ2) is 14.7. The van der Waals surface area contributed by atoms with Gasteiger partial charge in [-0.25, -0.2) is 9.59 Å². The van der Waals surface area contributed by atoms with Gasteiger partial charge in [0, 0.05) is 33.6 Å². The summed E-state index contributed by atoms with van der Waals surface area (Å²) in [6, 6.07) is 18.2. The van der Waals surface area contributed by atoms with Crippen LogP contribution in [0.1, 0.15) is 58.4 Å². The molecule has 0 aliphatic carbocycles. The highest BCUT2D eigenvalue weighted by molar-refractivity contribution is 7.23. The van der Waals surface area contributed by atoms with Crippen molar-refractivity contribution < 1.29 is 63.0 Å². The average molecular weight is 780 g/mol. The number of carbonyl (C=O) groups is 5. The van der Waals surface area contributed by atoms with Crippen molar-refractivity contribution in [2.24, 2.45) is 0 Å². The van der Waals surface area contributed by atoms with Crippen molar-refractivity contribution in [3.8, 4) is 50.7 Å². The SMILES string of the molecule is O=C1CC2(O)CC(=O)Oc3c(C(=O)c4c(-c5ccc(OC(=O)c6ccccc6)cc5)sc5cc(O)cc(O)c45)cc(c(OCCN4CCCCC4)c3OC2=O)O1. The van der Waals surface area contributed by atoms with Crippen LogP contribution in [0.2, 0.25) is 0 Å². The van der Waals surface area contributed by atoms with Crippen molar-refractivity contribution in [1.29, 1.82) is 0 Å². The number of nitrogens with zero attached hydrogens (tertiary/aromatic N) is 1. The third-order valence-corrected chi connectivity index (χ3v) is 10.9. The molecule has 4 aromatic carbocycles. The minimum atomic E-state index is -2.64. The Morgan fingerprint density at radius 3 is 2.29 bits per heavy atom. The van der Waals surface area contributed by atoms with E-state index in [-0.39, 0.29) is 45.4 Å². The highest BCUT2D eigenvalue weighted by atomic mass is 32.1. The van der Waals surface area contributed by atoms with E-state index in [2.05, 4.69) is 4.90 Å². The van der Waals surface area contributed by atoms with Crippen molar-refractivity contribution in [2.75, 3.05) is 26.2 Å². The minimum absolute atomic E-state index is 0.0351. The number of thiophene rings is 1. The lowest BCUT2D eigenvalue weighted by Gasteiger charge is -2.28. The lowest BCUT2D eigenvalue weighted by molar-refractivity contribution is -0.168. The summed E-state index contributed by atoms with van der Waals surface area (Å²) in [4.78, 5) is 70.2. The number of phenols is 2. The van der Waals surface area contributed by atoms with E-state index in [0.29, 0.717) is 22.4 Å². The number of carbonyl (C=O) groups excluding carboxylic acids is 5. The maximum atomic E-state index is 15.0. The number of aliphatic hydroxyl groups is 1. The minimum Gasteiger partial charge on any atom is -0.508 e. The number of phenolic OH excluding ortho intramolecular Hbond substituents is 2. The number of piperidine rings is 1. The molecule has 1 unspecified atom stereocenters. The van der Waals surface area contributed by atoms with E-state index >= 15 is 4.79 Å². The van der Waals surface area contributed by atoms with Gasteiger partial charge in [0.05, 0.1) is 29.5 Å². The number of aromatic hydroxyl groups is 2. The largest absolute Gasteiger partial charge is 0.508 e. The number of fused-ring (bicyclic) bond motifs is 4. The molecule has 0 amide bonds. The maximum Gasteiger partial charge on any atom is 0.345 e. The fourth-order valence-electron chi connectivity index (χ4n) is 6.98. The Balaban J connectivity index is 1.25. The van der Waals surface area contributed by atoms with Crippen molar-refractivity contribution >= 4 is 51.1 Å². The van der Waals surface area contributed by atoms with Crippen molar-refractivity contribution in [1.82, 2.24) is 4.90 Å². The number of benzene rings is 4. The molecule has 0 radical (unpaired) electrons. The van der Waals surface area contributed by atoms with Gasteiger partial charge in [0.15, 0.2) is 22.9 Å². The quantitative estimate of drug-likeness (QED) is 0.0957. The molecule has 4 heterocycles. The molecular formula is C41H33NO13S. The zero-order valence-electron chi connectivity index (χ0n) is 29.6. The van der Waals surface area contributed by atoms with Crippen LogP contribution in [-0.4, -0.2) is 81.7 Å². The average Bonchev–Trinajstić information content (AvgIpc) is 3.56. The van der Waals surface area contributed by atoms with Gasteiger partial charge < -0.3 is 39.0 Å². The molecular weight excluding hydrogens is 747 g/mol. The van der Waals surface area contributed by atoms with Gasteiger partial charge >= 0.3 is 23.9 Å². The summed E-state index contributed by atoms with van der Waals surface area (Å²) in [5, 5.41) is 32.7. The number of likely N-dealkylation sites (tertiary alicyclic amines) is 1.